The van der Waals surface area contributed by atoms with Crippen LogP contribution in [0.2, 0.25) is 0 Å². The maximum Gasteiger partial charge on any atom is 0.303 e. The van der Waals surface area contributed by atoms with Gasteiger partial charge in [0, 0.05) is 39.2 Å². The SMILES string of the molecule is COc1c(C2CCCC(=O)C2)cccc1[C@H]1O[C@@H](C)[C@@H](OC(C)=O)[C@@H](OC(C)=O)[C@@H]1OC(C)=O. The Morgan fingerprint density at radius 1 is 0.912 bits per heavy atom. The van der Waals surface area contributed by atoms with Crippen molar-refractivity contribution in [3.05, 3.63) is 29.3 Å². The van der Waals surface area contributed by atoms with E-state index in [9.17, 15) is 19.2 Å². The van der Waals surface area contributed by atoms with Crippen LogP contribution in [0.25, 0.3) is 0 Å². The number of benzene rings is 1. The van der Waals surface area contributed by atoms with Gasteiger partial charge < -0.3 is 23.7 Å². The highest BCUT2D eigenvalue weighted by Crippen LogP contribution is 2.45. The number of Topliss-reactive ketones (excluding diaryl/α,β-unsaturated/α-hetero) is 1. The molecule has 1 aliphatic carbocycles. The molecule has 0 radical (unpaired) electrons. The lowest BCUT2D eigenvalue weighted by molar-refractivity contribution is -0.245. The molecule has 186 valence electrons. The second kappa shape index (κ2) is 11.0. The summed E-state index contributed by atoms with van der Waals surface area (Å²) >= 11 is 0. The van der Waals surface area contributed by atoms with Crippen molar-refractivity contribution in [3.8, 4) is 5.75 Å². The minimum absolute atomic E-state index is 0.00222. The molecule has 1 aromatic carbocycles. The predicted octanol–water partition coefficient (Wildman–Crippen LogP) is 3.18. The average molecular weight is 477 g/mol. The lowest BCUT2D eigenvalue weighted by Crippen LogP contribution is -2.57. The number of hydrogen-bond donors (Lipinski definition) is 0. The summed E-state index contributed by atoms with van der Waals surface area (Å²) in [6, 6.07) is 5.55. The maximum atomic E-state index is 12.1. The molecule has 1 heterocycles. The van der Waals surface area contributed by atoms with E-state index in [-0.39, 0.29) is 11.7 Å². The van der Waals surface area contributed by atoms with Gasteiger partial charge >= 0.3 is 17.9 Å². The molecule has 0 amide bonds. The van der Waals surface area contributed by atoms with Crippen LogP contribution in [-0.2, 0) is 38.1 Å². The first kappa shape index (κ1) is 25.7. The monoisotopic (exact) mass is 476 g/mol. The van der Waals surface area contributed by atoms with Crippen LogP contribution < -0.4 is 4.74 Å². The maximum absolute atomic E-state index is 12.1. The van der Waals surface area contributed by atoms with E-state index in [1.807, 2.05) is 12.1 Å². The second-order valence-corrected chi connectivity index (χ2v) is 8.79. The van der Waals surface area contributed by atoms with E-state index in [2.05, 4.69) is 0 Å². The summed E-state index contributed by atoms with van der Waals surface area (Å²) in [6.07, 6.45) is -2.06. The van der Waals surface area contributed by atoms with Crippen molar-refractivity contribution in [2.45, 2.75) is 89.8 Å². The Bertz CT molecular complexity index is 940. The van der Waals surface area contributed by atoms with Gasteiger partial charge in [0.2, 0.25) is 0 Å². The Hall–Kier alpha value is -2.94. The first-order valence-electron chi connectivity index (χ1n) is 11.5. The fraction of sp³-hybridized carbons (Fsp3) is 0.600. The molecule has 1 aromatic rings. The van der Waals surface area contributed by atoms with Crippen molar-refractivity contribution in [1.82, 2.24) is 0 Å². The molecule has 0 N–H and O–H groups in total. The van der Waals surface area contributed by atoms with Crippen LogP contribution in [0.15, 0.2) is 18.2 Å². The first-order chi connectivity index (χ1) is 16.1. The highest BCUT2D eigenvalue weighted by molar-refractivity contribution is 5.80. The molecule has 0 bridgehead atoms. The molecule has 9 nitrogen and oxygen atoms in total. The van der Waals surface area contributed by atoms with Gasteiger partial charge in [-0.25, -0.2) is 0 Å². The van der Waals surface area contributed by atoms with Crippen molar-refractivity contribution < 1.29 is 42.9 Å². The number of methoxy groups -OCH3 is 1. The van der Waals surface area contributed by atoms with Crippen LogP contribution in [0.5, 0.6) is 5.75 Å². The number of carbonyl (C=O) groups excluding carboxylic acids is 4. The Labute approximate surface area is 199 Å². The fourth-order valence-electron chi connectivity index (χ4n) is 4.91. The lowest BCUT2D eigenvalue weighted by atomic mass is 9.81. The first-order valence-corrected chi connectivity index (χ1v) is 11.5. The van der Waals surface area contributed by atoms with E-state index in [4.69, 9.17) is 23.7 Å². The van der Waals surface area contributed by atoms with E-state index in [1.54, 1.807) is 13.0 Å². The van der Waals surface area contributed by atoms with Crippen LogP contribution >= 0.6 is 0 Å². The molecule has 6 atom stereocenters. The Morgan fingerprint density at radius 3 is 2.09 bits per heavy atom. The normalized spacial score (nSPS) is 29.1. The van der Waals surface area contributed by atoms with E-state index >= 15 is 0 Å². The molecular formula is C25H32O9. The van der Waals surface area contributed by atoms with Gasteiger partial charge in [0.05, 0.1) is 13.2 Å². The molecule has 9 heteroatoms. The highest BCUT2D eigenvalue weighted by atomic mass is 16.6. The molecule has 34 heavy (non-hydrogen) atoms. The Balaban J connectivity index is 2.08. The zero-order chi connectivity index (χ0) is 25.0. The number of para-hydroxylation sites is 1. The summed E-state index contributed by atoms with van der Waals surface area (Å²) in [4.78, 5) is 47.8. The van der Waals surface area contributed by atoms with E-state index in [0.717, 1.165) is 18.4 Å². The molecule has 1 unspecified atom stereocenters. The topological polar surface area (TPSA) is 114 Å². The molecule has 1 saturated carbocycles. The zero-order valence-electron chi connectivity index (χ0n) is 20.2. The van der Waals surface area contributed by atoms with Gasteiger partial charge in [-0.1, -0.05) is 18.2 Å². The van der Waals surface area contributed by atoms with Gasteiger partial charge in [-0.05, 0) is 31.2 Å². The largest absolute Gasteiger partial charge is 0.496 e. The number of esters is 3. The van der Waals surface area contributed by atoms with Crippen LogP contribution in [0.4, 0.5) is 0 Å². The third kappa shape index (κ3) is 5.75. The van der Waals surface area contributed by atoms with E-state index in [0.29, 0.717) is 24.2 Å². The molecule has 1 saturated heterocycles. The van der Waals surface area contributed by atoms with E-state index < -0.39 is 48.4 Å². The van der Waals surface area contributed by atoms with Gasteiger partial charge in [0.25, 0.3) is 0 Å². The van der Waals surface area contributed by atoms with Crippen LogP contribution in [-0.4, -0.2) is 55.2 Å². The minimum Gasteiger partial charge on any atom is -0.496 e. The molecule has 2 aliphatic rings. The van der Waals surface area contributed by atoms with Crippen molar-refractivity contribution in [2.24, 2.45) is 0 Å². The number of hydrogen-bond acceptors (Lipinski definition) is 9. The summed E-state index contributed by atoms with van der Waals surface area (Å²) in [5.41, 5.74) is 1.46. The van der Waals surface area contributed by atoms with Gasteiger partial charge in [-0.15, -0.1) is 0 Å². The molecule has 1 aliphatic heterocycles. The summed E-state index contributed by atoms with van der Waals surface area (Å²) in [6.45, 7) is 5.40. The molecular weight excluding hydrogens is 444 g/mol. The zero-order valence-corrected chi connectivity index (χ0v) is 20.2. The third-order valence-corrected chi connectivity index (χ3v) is 6.18. The predicted molar refractivity (Wildman–Crippen MR) is 119 cm³/mol. The van der Waals surface area contributed by atoms with E-state index in [1.165, 1.54) is 27.9 Å². The number of ketones is 1. The third-order valence-electron chi connectivity index (χ3n) is 6.18. The van der Waals surface area contributed by atoms with Crippen LogP contribution in [0.3, 0.4) is 0 Å². The molecule has 0 spiro atoms. The smallest absolute Gasteiger partial charge is 0.303 e. The summed E-state index contributed by atoms with van der Waals surface area (Å²) in [7, 11) is 1.53. The van der Waals surface area contributed by atoms with Crippen LogP contribution in [0, 0.1) is 0 Å². The molecule has 0 aromatic heterocycles. The van der Waals surface area contributed by atoms with Crippen molar-refractivity contribution >= 4 is 23.7 Å². The fourth-order valence-corrected chi connectivity index (χ4v) is 4.91. The van der Waals surface area contributed by atoms with Crippen molar-refractivity contribution in [2.75, 3.05) is 7.11 Å². The van der Waals surface area contributed by atoms with Gasteiger partial charge in [0.15, 0.2) is 18.3 Å². The standard InChI is InChI=1S/C25H32O9/c1-13-21(32-14(2)26)24(33-15(3)27)25(34-16(4)28)23(31-13)20-11-7-10-19(22(20)30-5)17-8-6-9-18(29)12-17/h7,10-11,13,17,21,23-25H,6,8-9,12H2,1-5H3/t13-,17?,21+,23+,24+,25+/m0/s1. The minimum atomic E-state index is -1.10. The summed E-state index contributed by atoms with van der Waals surface area (Å²) in [5, 5.41) is 0. The van der Waals surface area contributed by atoms with Gasteiger partial charge in [-0.3, -0.25) is 19.2 Å². The van der Waals surface area contributed by atoms with Crippen molar-refractivity contribution in [1.29, 1.82) is 0 Å². The number of rotatable bonds is 6. The molecule has 3 rings (SSSR count). The summed E-state index contributed by atoms with van der Waals surface area (Å²) in [5.74, 6) is -1.07. The van der Waals surface area contributed by atoms with Gasteiger partial charge in [0.1, 0.15) is 17.6 Å². The highest BCUT2D eigenvalue weighted by Gasteiger charge is 2.51. The van der Waals surface area contributed by atoms with Crippen LogP contribution in [0.1, 0.15) is 76.5 Å². The second-order valence-electron chi connectivity index (χ2n) is 8.79. The average Bonchev–Trinajstić information content (AvgIpc) is 2.76. The summed E-state index contributed by atoms with van der Waals surface area (Å²) < 4.78 is 28.5. The Morgan fingerprint density at radius 2 is 1.50 bits per heavy atom. The van der Waals surface area contributed by atoms with Crippen molar-refractivity contribution in [3.63, 3.8) is 0 Å². The number of carbonyl (C=O) groups is 4. The Kier molecular flexibility index (Phi) is 8.30. The van der Waals surface area contributed by atoms with Gasteiger partial charge in [-0.2, -0.15) is 0 Å². The molecule has 2 fully saturated rings. The lowest BCUT2D eigenvalue weighted by Gasteiger charge is -2.44. The number of ether oxygens (including phenoxy) is 5. The quantitative estimate of drug-likeness (QED) is 0.451.